The Kier molecular flexibility index (Phi) is 5.07. The number of anilines is 1. The fraction of sp³-hybridized carbons (Fsp3) is 0.130. The molecule has 4 nitrogen and oxygen atoms in total. The van der Waals surface area contributed by atoms with Crippen molar-refractivity contribution < 1.29 is 14.0 Å². The van der Waals surface area contributed by atoms with Crippen molar-refractivity contribution in [3.63, 3.8) is 0 Å². The van der Waals surface area contributed by atoms with E-state index in [-0.39, 0.29) is 24.2 Å². The fourth-order valence-corrected chi connectivity index (χ4v) is 3.80. The number of nitrogens with zero attached hydrogens (tertiary/aromatic N) is 1. The van der Waals surface area contributed by atoms with E-state index in [1.165, 1.54) is 17.0 Å². The first-order chi connectivity index (χ1) is 13.9. The summed E-state index contributed by atoms with van der Waals surface area (Å²) >= 11 is 6.07. The molecule has 0 saturated carbocycles. The number of nitrogens with one attached hydrogen (secondary N) is 1. The predicted octanol–water partition coefficient (Wildman–Crippen LogP) is 4.97. The Labute approximate surface area is 172 Å². The van der Waals surface area contributed by atoms with Gasteiger partial charge in [-0.3, -0.25) is 9.59 Å². The van der Waals surface area contributed by atoms with Crippen LogP contribution in [-0.2, 0) is 4.79 Å². The Balaban J connectivity index is 1.90. The molecule has 1 atom stereocenters. The fourth-order valence-electron chi connectivity index (χ4n) is 3.61. The number of aryl methyl sites for hydroxylation is 1. The van der Waals surface area contributed by atoms with Gasteiger partial charge in [-0.25, -0.2) is 4.39 Å². The van der Waals surface area contributed by atoms with E-state index in [4.69, 9.17) is 11.6 Å². The molecule has 1 N–H and O–H groups in total. The van der Waals surface area contributed by atoms with Gasteiger partial charge in [-0.2, -0.15) is 0 Å². The average molecular weight is 409 g/mol. The number of halogens is 2. The number of fused-ring (bicyclic) bond motifs is 1. The lowest BCUT2D eigenvalue weighted by Crippen LogP contribution is -2.39. The van der Waals surface area contributed by atoms with Crippen LogP contribution < -0.4 is 5.32 Å². The topological polar surface area (TPSA) is 49.4 Å². The van der Waals surface area contributed by atoms with E-state index in [0.29, 0.717) is 21.8 Å². The molecule has 3 aromatic rings. The van der Waals surface area contributed by atoms with Gasteiger partial charge in [0.1, 0.15) is 12.4 Å². The summed E-state index contributed by atoms with van der Waals surface area (Å²) in [5, 5.41) is 3.31. The summed E-state index contributed by atoms with van der Waals surface area (Å²) in [6.45, 7) is 1.80. The minimum Gasteiger partial charge on any atom is -0.324 e. The second-order valence-electron chi connectivity index (χ2n) is 7.04. The summed E-state index contributed by atoms with van der Waals surface area (Å²) in [6.07, 6.45) is 0. The summed E-state index contributed by atoms with van der Waals surface area (Å²) in [5.74, 6) is -0.991. The van der Waals surface area contributed by atoms with Crippen LogP contribution in [-0.4, -0.2) is 23.3 Å². The van der Waals surface area contributed by atoms with Gasteiger partial charge in [0.05, 0.1) is 6.04 Å². The van der Waals surface area contributed by atoms with Crippen LogP contribution >= 0.6 is 11.6 Å². The summed E-state index contributed by atoms with van der Waals surface area (Å²) < 4.78 is 13.6. The molecule has 1 aliphatic heterocycles. The minimum atomic E-state index is -0.559. The predicted molar refractivity (Wildman–Crippen MR) is 111 cm³/mol. The number of hydrogen-bond acceptors (Lipinski definition) is 2. The van der Waals surface area contributed by atoms with E-state index in [1.807, 2.05) is 25.1 Å². The maximum Gasteiger partial charge on any atom is 0.255 e. The molecule has 0 aromatic heterocycles. The summed E-state index contributed by atoms with van der Waals surface area (Å²) in [5.41, 5.74) is 3.50. The highest BCUT2D eigenvalue weighted by Gasteiger charge is 2.34. The molecule has 6 heteroatoms. The van der Waals surface area contributed by atoms with Crippen molar-refractivity contribution in [1.82, 2.24) is 4.90 Å². The molecule has 1 aliphatic rings. The lowest BCUT2D eigenvalue weighted by Gasteiger charge is -2.31. The van der Waals surface area contributed by atoms with E-state index in [1.54, 1.807) is 36.4 Å². The maximum absolute atomic E-state index is 13.6. The molecule has 0 bridgehead atoms. The normalized spacial score (nSPS) is 16.0. The molecule has 0 saturated heterocycles. The van der Waals surface area contributed by atoms with Crippen LogP contribution in [0.1, 0.15) is 33.1 Å². The number of carbonyl (C=O) groups excluding carboxylic acids is 2. The number of amides is 2. The first-order valence-corrected chi connectivity index (χ1v) is 9.52. The highest BCUT2D eigenvalue weighted by Crippen LogP contribution is 2.37. The van der Waals surface area contributed by atoms with Gasteiger partial charge in [0.25, 0.3) is 5.91 Å². The zero-order valence-corrected chi connectivity index (χ0v) is 16.4. The van der Waals surface area contributed by atoms with E-state index < -0.39 is 6.04 Å². The third-order valence-electron chi connectivity index (χ3n) is 4.92. The number of benzene rings is 3. The second-order valence-corrected chi connectivity index (χ2v) is 7.47. The maximum atomic E-state index is 13.6. The zero-order valence-electron chi connectivity index (χ0n) is 15.7. The molecule has 4 rings (SSSR count). The van der Waals surface area contributed by atoms with Crippen LogP contribution in [0.5, 0.6) is 0 Å². The van der Waals surface area contributed by atoms with Crippen LogP contribution in [0.4, 0.5) is 10.1 Å². The first kappa shape index (κ1) is 19.2. The Morgan fingerprint density at radius 1 is 1.10 bits per heavy atom. The molecule has 1 unspecified atom stereocenters. The van der Waals surface area contributed by atoms with Crippen molar-refractivity contribution in [1.29, 1.82) is 0 Å². The molecule has 2 amide bonds. The van der Waals surface area contributed by atoms with Gasteiger partial charge < -0.3 is 10.2 Å². The van der Waals surface area contributed by atoms with E-state index in [9.17, 15) is 14.0 Å². The molecule has 29 heavy (non-hydrogen) atoms. The number of rotatable bonds is 2. The van der Waals surface area contributed by atoms with Gasteiger partial charge in [-0.05, 0) is 48.9 Å². The van der Waals surface area contributed by atoms with Crippen LogP contribution in [0.3, 0.4) is 0 Å². The van der Waals surface area contributed by atoms with Crippen molar-refractivity contribution in [3.8, 4) is 0 Å². The van der Waals surface area contributed by atoms with Gasteiger partial charge in [-0.15, -0.1) is 0 Å². The van der Waals surface area contributed by atoms with Crippen molar-refractivity contribution in [2.45, 2.75) is 13.0 Å². The highest BCUT2D eigenvalue weighted by atomic mass is 35.5. The zero-order chi connectivity index (χ0) is 20.5. The minimum absolute atomic E-state index is 0.138. The van der Waals surface area contributed by atoms with Crippen LogP contribution in [0.2, 0.25) is 5.02 Å². The monoisotopic (exact) mass is 408 g/mol. The van der Waals surface area contributed by atoms with Gasteiger partial charge >= 0.3 is 0 Å². The van der Waals surface area contributed by atoms with Crippen molar-refractivity contribution in [3.05, 3.63) is 99.8 Å². The van der Waals surface area contributed by atoms with Crippen LogP contribution in [0.25, 0.3) is 0 Å². The summed E-state index contributed by atoms with van der Waals surface area (Å²) in [6, 6.07) is 17.7. The highest BCUT2D eigenvalue weighted by molar-refractivity contribution is 6.31. The molecular weight excluding hydrogens is 391 g/mol. The van der Waals surface area contributed by atoms with E-state index >= 15 is 0 Å². The van der Waals surface area contributed by atoms with E-state index in [0.717, 1.165) is 11.1 Å². The van der Waals surface area contributed by atoms with Gasteiger partial charge in [-0.1, -0.05) is 47.5 Å². The lowest BCUT2D eigenvalue weighted by molar-refractivity contribution is -0.117. The van der Waals surface area contributed by atoms with Crippen molar-refractivity contribution in [2.75, 3.05) is 11.9 Å². The van der Waals surface area contributed by atoms with Crippen LogP contribution in [0.15, 0.2) is 66.7 Å². The molecule has 0 aliphatic carbocycles. The SMILES string of the molecule is Cc1ccc2c(c1)C(c1ccc(F)cc1)N(C(=O)c1cccc(Cl)c1)CC(=O)N2. The standard InChI is InChI=1S/C23H18ClFN2O2/c1-14-5-10-20-19(11-14)22(15-6-8-18(25)9-7-15)27(13-21(28)26-20)23(29)16-3-2-4-17(24)12-16/h2-12,22H,13H2,1H3,(H,26,28). The third-order valence-corrected chi connectivity index (χ3v) is 5.15. The summed E-state index contributed by atoms with van der Waals surface area (Å²) in [7, 11) is 0. The molecule has 1 heterocycles. The number of hydrogen-bond donors (Lipinski definition) is 1. The van der Waals surface area contributed by atoms with Crippen LogP contribution in [0, 0.1) is 12.7 Å². The van der Waals surface area contributed by atoms with Crippen molar-refractivity contribution in [2.24, 2.45) is 0 Å². The Bertz CT molecular complexity index is 1100. The van der Waals surface area contributed by atoms with Crippen molar-refractivity contribution >= 4 is 29.1 Å². The molecule has 0 radical (unpaired) electrons. The smallest absolute Gasteiger partial charge is 0.255 e. The molecule has 3 aromatic carbocycles. The molecule has 146 valence electrons. The average Bonchev–Trinajstić information content (AvgIpc) is 2.84. The Morgan fingerprint density at radius 3 is 2.59 bits per heavy atom. The first-order valence-electron chi connectivity index (χ1n) is 9.15. The molecule has 0 spiro atoms. The van der Waals surface area contributed by atoms with Gasteiger partial charge in [0, 0.05) is 21.8 Å². The van der Waals surface area contributed by atoms with Gasteiger partial charge in [0.15, 0.2) is 0 Å². The third kappa shape index (κ3) is 3.87. The largest absolute Gasteiger partial charge is 0.324 e. The van der Waals surface area contributed by atoms with Gasteiger partial charge in [0.2, 0.25) is 5.91 Å². The van der Waals surface area contributed by atoms with E-state index in [2.05, 4.69) is 5.32 Å². The quantitative estimate of drug-likeness (QED) is 0.650. The molecular formula is C23H18ClFN2O2. The number of carbonyl (C=O) groups is 2. The molecule has 0 fully saturated rings. The second kappa shape index (κ2) is 7.68. The Hall–Kier alpha value is -3.18. The summed E-state index contributed by atoms with van der Waals surface area (Å²) in [4.78, 5) is 27.5. The Morgan fingerprint density at radius 2 is 1.86 bits per heavy atom. The lowest BCUT2D eigenvalue weighted by atomic mass is 9.94.